The Labute approximate surface area is 298 Å². The van der Waals surface area contributed by atoms with Crippen molar-refractivity contribution in [1.29, 1.82) is 0 Å². The van der Waals surface area contributed by atoms with Crippen LogP contribution in [0.3, 0.4) is 0 Å². The molecule has 1 aliphatic rings. The summed E-state index contributed by atoms with van der Waals surface area (Å²) < 4.78 is 19.1. The number of imide groups is 2. The number of imidazole rings is 2. The first kappa shape index (κ1) is 39.8. The summed E-state index contributed by atoms with van der Waals surface area (Å²) in [5.74, 6) is -1.34. The molecule has 0 unspecified atom stereocenters. The van der Waals surface area contributed by atoms with Crippen LogP contribution in [0.2, 0.25) is 0 Å². The van der Waals surface area contributed by atoms with E-state index in [4.69, 9.17) is 0 Å². The van der Waals surface area contributed by atoms with Gasteiger partial charge in [-0.25, -0.2) is 19.7 Å². The first-order valence-electron chi connectivity index (χ1n) is 15.3. The molecule has 1 saturated heterocycles. The topological polar surface area (TPSA) is 238 Å². The maximum absolute atomic E-state index is 12.6. The van der Waals surface area contributed by atoms with E-state index in [2.05, 4.69) is 46.2 Å². The highest BCUT2D eigenvalue weighted by molar-refractivity contribution is 7.83. The van der Waals surface area contributed by atoms with Crippen LogP contribution in [0, 0.1) is 5.41 Å². The number of urea groups is 1. The fraction of sp³-hybridized carbons (Fsp3) is 0.273. The molecule has 1 aliphatic heterocycles. The Balaban J connectivity index is 0.000000277. The van der Waals surface area contributed by atoms with Crippen molar-refractivity contribution in [2.45, 2.75) is 26.7 Å². The number of aromatic amines is 2. The minimum atomic E-state index is -1.06. The molecule has 18 heteroatoms. The maximum atomic E-state index is 12.6. The number of amides is 6. The monoisotopic (exact) mass is 737 g/mol. The zero-order chi connectivity index (χ0) is 37.7. The molecule has 1 fully saturated rings. The summed E-state index contributed by atoms with van der Waals surface area (Å²) in [5.41, 5.74) is 2.20. The van der Waals surface area contributed by atoms with E-state index in [-0.39, 0.29) is 11.4 Å². The molecule has 51 heavy (non-hydrogen) atoms. The molecular formula is C33H39N9O7S2. The summed E-state index contributed by atoms with van der Waals surface area (Å²) in [6.45, 7) is 3.50. The summed E-state index contributed by atoms with van der Waals surface area (Å²) in [5, 5.41) is 9.51. The number of fused-ring (bicyclic) bond motifs is 2. The molecule has 6 rings (SSSR count). The Morgan fingerprint density at radius 3 is 1.35 bits per heavy atom. The molecule has 6 amide bonds. The molecular weight excluding hydrogens is 699 g/mol. The second-order valence-electron chi connectivity index (χ2n) is 11.0. The zero-order valence-corrected chi connectivity index (χ0v) is 30.4. The first-order valence-corrected chi connectivity index (χ1v) is 19.3. The lowest BCUT2D eigenvalue weighted by atomic mass is 9.79. The number of H-pyrrole nitrogens is 2. The number of hydrogen-bond donors (Lipinski definition) is 6. The largest absolute Gasteiger partial charge is 0.328 e. The van der Waals surface area contributed by atoms with Crippen molar-refractivity contribution < 1.29 is 32.4 Å². The van der Waals surface area contributed by atoms with Gasteiger partial charge in [-0.2, -0.15) is 0 Å². The van der Waals surface area contributed by atoms with E-state index < -0.39 is 56.7 Å². The Hall–Kier alpha value is -5.62. The summed E-state index contributed by atoms with van der Waals surface area (Å²) in [7, 11) is -1.22. The molecule has 0 bridgehead atoms. The van der Waals surface area contributed by atoms with E-state index in [1.54, 1.807) is 44.9 Å². The van der Waals surface area contributed by atoms with E-state index in [0.29, 0.717) is 24.7 Å². The molecule has 0 spiro atoms. The maximum Gasteiger partial charge on any atom is 0.328 e. The fourth-order valence-electron chi connectivity index (χ4n) is 4.53. The van der Waals surface area contributed by atoms with E-state index in [1.807, 2.05) is 48.5 Å². The minimum Gasteiger partial charge on any atom is -0.324 e. The zero-order valence-electron chi connectivity index (χ0n) is 28.8. The molecule has 270 valence electrons. The van der Waals surface area contributed by atoms with Crippen molar-refractivity contribution in [2.24, 2.45) is 5.41 Å². The molecule has 0 aliphatic carbocycles. The van der Waals surface area contributed by atoms with Gasteiger partial charge in [0.2, 0.25) is 23.7 Å². The number of carbonyl (C=O) groups excluding carboxylic acids is 5. The second-order valence-corrected chi connectivity index (χ2v) is 14.0. The number of nitrogens with zero attached hydrogens (tertiary/aromatic N) is 3. The molecule has 4 heterocycles. The highest BCUT2D eigenvalue weighted by Crippen LogP contribution is 2.28. The average Bonchev–Trinajstić information content (AvgIpc) is 3.68. The minimum absolute atomic E-state index is 0.0905. The summed E-state index contributed by atoms with van der Waals surface area (Å²) in [6.07, 6.45) is 7.35. The van der Waals surface area contributed by atoms with Crippen LogP contribution in [-0.4, -0.2) is 88.0 Å². The Bertz CT molecular complexity index is 1880. The van der Waals surface area contributed by atoms with Crippen molar-refractivity contribution in [3.8, 4) is 0 Å². The fourth-order valence-corrected chi connectivity index (χ4v) is 4.53. The van der Waals surface area contributed by atoms with Crippen LogP contribution in [0.5, 0.6) is 0 Å². The van der Waals surface area contributed by atoms with Gasteiger partial charge in [0.1, 0.15) is 16.8 Å². The third-order valence-electron chi connectivity index (χ3n) is 6.99. The number of pyridine rings is 1. The number of benzene rings is 2. The lowest BCUT2D eigenvalue weighted by Gasteiger charge is -2.31. The summed E-state index contributed by atoms with van der Waals surface area (Å²) >= 11 is 0. The van der Waals surface area contributed by atoms with Crippen LogP contribution in [0.15, 0.2) is 66.7 Å². The predicted molar refractivity (Wildman–Crippen MR) is 197 cm³/mol. The molecule has 2 aromatic carbocycles. The Morgan fingerprint density at radius 2 is 1.00 bits per heavy atom. The summed E-state index contributed by atoms with van der Waals surface area (Å²) in [6, 6.07) is 18.8. The number of carbonyl (C=O) groups is 5. The van der Waals surface area contributed by atoms with Gasteiger partial charge in [0.25, 0.3) is 11.8 Å². The molecule has 0 saturated carbocycles. The SMILES string of the molecule is CCC1(CC)C(=O)NC(=O)NC1=O.CS(C)=O.CS(C)=O.O=C(Nc1nc2ccccc2[nH]1)c1cccc(C(=O)Nc2nc3ccccc3[nH]2)n1. The number of para-hydroxylation sites is 4. The van der Waals surface area contributed by atoms with Gasteiger partial charge in [0.05, 0.1) is 22.1 Å². The molecule has 0 atom stereocenters. The van der Waals surface area contributed by atoms with Crippen LogP contribution < -0.4 is 21.3 Å². The van der Waals surface area contributed by atoms with Crippen molar-refractivity contribution in [3.05, 3.63) is 78.1 Å². The van der Waals surface area contributed by atoms with Crippen LogP contribution in [0.4, 0.5) is 16.7 Å². The molecule has 6 N–H and O–H groups in total. The van der Waals surface area contributed by atoms with Gasteiger partial charge >= 0.3 is 6.03 Å². The second kappa shape index (κ2) is 18.4. The number of aromatic nitrogens is 5. The standard InChI is InChI=1S/C21H15N7O2.C8H12N2O3.2C2H6OS/c29-18(27-20-23-12-6-1-2-7-13(12)24-20)16-10-5-11-17(22-16)19(30)28-21-25-14-8-3-4-9-15(14)26-21;1-3-8(4-2)5(11)9-7(13)10-6(8)12;2*1-4(2)3/h1-11H,(H2,23,24,27,29)(H2,25,26,28,30);3-4H2,1-2H3,(H2,9,10,11,12,13);2*1-2H3. The highest BCUT2D eigenvalue weighted by atomic mass is 32.2. The van der Waals surface area contributed by atoms with Crippen molar-refractivity contribution >= 4 is 85.2 Å². The smallest absolute Gasteiger partial charge is 0.324 e. The van der Waals surface area contributed by atoms with Crippen molar-refractivity contribution in [1.82, 2.24) is 35.6 Å². The van der Waals surface area contributed by atoms with Gasteiger partial charge in [0.15, 0.2) is 0 Å². The van der Waals surface area contributed by atoms with Crippen molar-refractivity contribution in [3.63, 3.8) is 0 Å². The first-order chi connectivity index (χ1) is 24.2. The summed E-state index contributed by atoms with van der Waals surface area (Å²) in [4.78, 5) is 77.5. The van der Waals surface area contributed by atoms with Crippen LogP contribution in [-0.2, 0) is 31.2 Å². The molecule has 16 nitrogen and oxygen atoms in total. The Kier molecular flexibility index (Phi) is 14.4. The van der Waals surface area contributed by atoms with Crippen LogP contribution in [0.25, 0.3) is 22.1 Å². The van der Waals surface area contributed by atoms with Gasteiger partial charge in [-0.15, -0.1) is 0 Å². The number of rotatable bonds is 6. The van der Waals surface area contributed by atoms with E-state index in [1.165, 1.54) is 12.1 Å². The normalized spacial score (nSPS) is 13.1. The van der Waals surface area contributed by atoms with Gasteiger partial charge in [-0.3, -0.25) is 48.9 Å². The van der Waals surface area contributed by atoms with Gasteiger partial charge in [0, 0.05) is 46.6 Å². The number of barbiturate groups is 1. The van der Waals surface area contributed by atoms with E-state index in [9.17, 15) is 32.4 Å². The van der Waals surface area contributed by atoms with Gasteiger partial charge < -0.3 is 9.97 Å². The van der Waals surface area contributed by atoms with Crippen molar-refractivity contribution in [2.75, 3.05) is 35.7 Å². The van der Waals surface area contributed by atoms with E-state index >= 15 is 0 Å². The van der Waals surface area contributed by atoms with Crippen LogP contribution >= 0.6 is 0 Å². The van der Waals surface area contributed by atoms with Gasteiger partial charge in [-0.05, 0) is 49.2 Å². The quantitative estimate of drug-likeness (QED) is 0.139. The third-order valence-corrected chi connectivity index (χ3v) is 6.99. The number of nitrogens with one attached hydrogen (secondary N) is 6. The van der Waals surface area contributed by atoms with Gasteiger partial charge in [-0.1, -0.05) is 44.2 Å². The predicted octanol–water partition coefficient (Wildman–Crippen LogP) is 3.49. The van der Waals surface area contributed by atoms with E-state index in [0.717, 1.165) is 22.1 Å². The highest BCUT2D eigenvalue weighted by Gasteiger charge is 2.47. The average molecular weight is 738 g/mol. The lowest BCUT2D eigenvalue weighted by Crippen LogP contribution is -2.61. The number of anilines is 2. The van der Waals surface area contributed by atoms with Crippen LogP contribution in [0.1, 0.15) is 47.7 Å². The molecule has 5 aromatic rings. The number of hydrogen-bond acceptors (Lipinski definition) is 10. The molecule has 3 aromatic heterocycles. The lowest BCUT2D eigenvalue weighted by molar-refractivity contribution is -0.144. The molecule has 0 radical (unpaired) electrons. The Morgan fingerprint density at radius 1 is 0.627 bits per heavy atom. The third kappa shape index (κ3) is 11.2.